The molecule has 0 spiro atoms. The van der Waals surface area contributed by atoms with Gasteiger partial charge in [0.1, 0.15) is 5.69 Å². The maximum atomic E-state index is 11.6. The summed E-state index contributed by atoms with van der Waals surface area (Å²) >= 11 is 0. The predicted molar refractivity (Wildman–Crippen MR) is 67.0 cm³/mol. The molecule has 1 heterocycles. The van der Waals surface area contributed by atoms with E-state index < -0.39 is 0 Å². The molecule has 0 aliphatic heterocycles. The summed E-state index contributed by atoms with van der Waals surface area (Å²) in [7, 11) is 0. The molecule has 1 aromatic heterocycles. The number of rotatable bonds is 5. The van der Waals surface area contributed by atoms with Gasteiger partial charge < -0.3 is 4.57 Å². The summed E-state index contributed by atoms with van der Waals surface area (Å²) in [6, 6.07) is 10.1. The van der Waals surface area contributed by atoms with Crippen LogP contribution in [0.25, 0.3) is 0 Å². The molecule has 0 N–H and O–H groups in total. The molecule has 88 valence electrons. The number of hydrogen-bond donors (Lipinski definition) is 0. The van der Waals surface area contributed by atoms with Crippen LogP contribution in [0.2, 0.25) is 0 Å². The van der Waals surface area contributed by atoms with Crippen molar-refractivity contribution in [3.05, 3.63) is 54.1 Å². The fourth-order valence-corrected chi connectivity index (χ4v) is 1.74. The van der Waals surface area contributed by atoms with Gasteiger partial charge in [0.15, 0.2) is 5.78 Å². The van der Waals surface area contributed by atoms with Crippen LogP contribution in [-0.4, -0.2) is 15.3 Å². The van der Waals surface area contributed by atoms with Crippen LogP contribution in [0.4, 0.5) is 0 Å². The predicted octanol–water partition coefficient (Wildman–Crippen LogP) is 2.91. The van der Waals surface area contributed by atoms with Gasteiger partial charge in [0.2, 0.25) is 0 Å². The summed E-state index contributed by atoms with van der Waals surface area (Å²) in [5, 5.41) is 0. The molecule has 0 radical (unpaired) electrons. The van der Waals surface area contributed by atoms with E-state index in [4.69, 9.17) is 0 Å². The van der Waals surface area contributed by atoms with Crippen LogP contribution in [0.15, 0.2) is 42.9 Å². The highest BCUT2D eigenvalue weighted by Crippen LogP contribution is 2.06. The zero-order valence-corrected chi connectivity index (χ0v) is 9.97. The van der Waals surface area contributed by atoms with Crippen molar-refractivity contribution in [3.63, 3.8) is 0 Å². The van der Waals surface area contributed by atoms with Crippen molar-refractivity contribution in [2.75, 3.05) is 0 Å². The highest BCUT2D eigenvalue weighted by Gasteiger charge is 2.07. The molecule has 2 aromatic rings. The second-order valence-electron chi connectivity index (χ2n) is 4.09. The number of carbonyl (C=O) groups is 1. The zero-order valence-electron chi connectivity index (χ0n) is 9.97. The Bertz CT molecular complexity index is 488. The van der Waals surface area contributed by atoms with Gasteiger partial charge in [-0.15, -0.1) is 0 Å². The normalized spacial score (nSPS) is 10.4. The molecule has 0 atom stereocenters. The first kappa shape index (κ1) is 11.6. The molecule has 0 bridgehead atoms. The zero-order chi connectivity index (χ0) is 12.1. The molecule has 0 aliphatic rings. The fraction of sp³-hybridized carbons (Fsp3) is 0.286. The maximum Gasteiger partial charge on any atom is 0.182 e. The second-order valence-corrected chi connectivity index (χ2v) is 4.09. The van der Waals surface area contributed by atoms with Gasteiger partial charge in [0.25, 0.3) is 0 Å². The summed E-state index contributed by atoms with van der Waals surface area (Å²) in [4.78, 5) is 15.8. The van der Waals surface area contributed by atoms with Gasteiger partial charge in [-0.05, 0) is 12.0 Å². The molecule has 0 aliphatic carbocycles. The van der Waals surface area contributed by atoms with Gasteiger partial charge in [0, 0.05) is 19.2 Å². The third-order valence-electron chi connectivity index (χ3n) is 2.60. The molecule has 0 amide bonds. The Hall–Kier alpha value is -1.90. The van der Waals surface area contributed by atoms with Crippen LogP contribution < -0.4 is 0 Å². The van der Waals surface area contributed by atoms with Crippen molar-refractivity contribution in [1.29, 1.82) is 0 Å². The van der Waals surface area contributed by atoms with Crippen molar-refractivity contribution >= 4 is 5.78 Å². The average Bonchev–Trinajstić information content (AvgIpc) is 2.79. The Morgan fingerprint density at radius 3 is 2.76 bits per heavy atom. The largest absolute Gasteiger partial charge is 0.332 e. The summed E-state index contributed by atoms with van der Waals surface area (Å²) < 4.78 is 1.94. The van der Waals surface area contributed by atoms with Crippen LogP contribution in [0.1, 0.15) is 35.8 Å². The van der Waals surface area contributed by atoms with Crippen LogP contribution in [0.5, 0.6) is 0 Å². The Morgan fingerprint density at radius 2 is 2.06 bits per heavy atom. The molecule has 0 saturated heterocycles. The van der Waals surface area contributed by atoms with Crippen molar-refractivity contribution < 1.29 is 4.79 Å². The number of imidazole rings is 1. The summed E-state index contributed by atoms with van der Waals surface area (Å²) in [5.74, 6) is 0.124. The Labute approximate surface area is 101 Å². The number of carbonyl (C=O) groups excluding carboxylic acids is 1. The fourth-order valence-electron chi connectivity index (χ4n) is 1.74. The van der Waals surface area contributed by atoms with E-state index in [9.17, 15) is 4.79 Å². The molecule has 1 aromatic carbocycles. The molecule has 0 fully saturated rings. The van der Waals surface area contributed by atoms with E-state index in [0.29, 0.717) is 12.1 Å². The second kappa shape index (κ2) is 5.43. The first-order valence-electron chi connectivity index (χ1n) is 5.88. The first-order chi connectivity index (χ1) is 8.29. The monoisotopic (exact) mass is 228 g/mol. The van der Waals surface area contributed by atoms with Crippen molar-refractivity contribution in [1.82, 2.24) is 9.55 Å². The Morgan fingerprint density at radius 1 is 1.29 bits per heavy atom. The third kappa shape index (κ3) is 3.03. The molecule has 0 saturated carbocycles. The maximum absolute atomic E-state index is 11.6. The minimum atomic E-state index is 0.124. The topological polar surface area (TPSA) is 34.9 Å². The molecule has 3 heteroatoms. The molecule has 17 heavy (non-hydrogen) atoms. The van der Waals surface area contributed by atoms with E-state index in [1.807, 2.05) is 35.9 Å². The lowest BCUT2D eigenvalue weighted by Crippen LogP contribution is -1.99. The van der Waals surface area contributed by atoms with Gasteiger partial charge in [-0.3, -0.25) is 4.79 Å². The quantitative estimate of drug-likeness (QED) is 0.737. The number of hydrogen-bond acceptors (Lipinski definition) is 2. The summed E-state index contributed by atoms with van der Waals surface area (Å²) in [5.41, 5.74) is 1.78. The van der Waals surface area contributed by atoms with E-state index >= 15 is 0 Å². The third-order valence-corrected chi connectivity index (χ3v) is 2.60. The van der Waals surface area contributed by atoms with Crippen LogP contribution >= 0.6 is 0 Å². The van der Waals surface area contributed by atoms with E-state index in [1.165, 1.54) is 5.56 Å². The summed E-state index contributed by atoms with van der Waals surface area (Å²) in [6.45, 7) is 2.76. The minimum absolute atomic E-state index is 0.124. The Balaban J connectivity index is 2.06. The van der Waals surface area contributed by atoms with Gasteiger partial charge in [0.05, 0.1) is 6.33 Å². The lowest BCUT2D eigenvalue weighted by atomic mass is 10.2. The number of ketones is 1. The van der Waals surface area contributed by atoms with E-state index in [0.717, 1.165) is 13.0 Å². The van der Waals surface area contributed by atoms with Gasteiger partial charge in [-0.2, -0.15) is 0 Å². The number of benzene rings is 1. The average molecular weight is 228 g/mol. The molecule has 0 unspecified atom stereocenters. The molecular formula is C14H16N2O. The van der Waals surface area contributed by atoms with Crippen LogP contribution in [-0.2, 0) is 6.54 Å². The highest BCUT2D eigenvalue weighted by atomic mass is 16.1. The van der Waals surface area contributed by atoms with E-state index in [2.05, 4.69) is 17.1 Å². The van der Waals surface area contributed by atoms with Crippen LogP contribution in [0, 0.1) is 0 Å². The first-order valence-corrected chi connectivity index (χ1v) is 5.88. The highest BCUT2D eigenvalue weighted by molar-refractivity contribution is 5.93. The van der Waals surface area contributed by atoms with Gasteiger partial charge in [-0.25, -0.2) is 4.98 Å². The molecular weight excluding hydrogens is 212 g/mol. The number of Topliss-reactive ketones (excluding diaryl/α,β-unsaturated/α-hetero) is 1. The van der Waals surface area contributed by atoms with Crippen molar-refractivity contribution in [2.45, 2.75) is 26.3 Å². The number of nitrogens with zero attached hydrogens (tertiary/aromatic N) is 2. The Kier molecular flexibility index (Phi) is 3.70. The van der Waals surface area contributed by atoms with Gasteiger partial charge >= 0.3 is 0 Å². The van der Waals surface area contributed by atoms with E-state index in [1.54, 1.807) is 6.33 Å². The lowest BCUT2D eigenvalue weighted by molar-refractivity contribution is 0.0977. The van der Waals surface area contributed by atoms with Gasteiger partial charge in [-0.1, -0.05) is 37.3 Å². The van der Waals surface area contributed by atoms with Crippen molar-refractivity contribution in [3.8, 4) is 0 Å². The number of aromatic nitrogens is 2. The smallest absolute Gasteiger partial charge is 0.182 e. The lowest BCUT2D eigenvalue weighted by Gasteiger charge is -2.01. The SMILES string of the molecule is CCCC(=O)c1cn(Cc2ccccc2)cn1. The molecule has 3 nitrogen and oxygen atoms in total. The standard InChI is InChI=1S/C14H16N2O/c1-2-6-14(17)13-10-16(11-15-13)9-12-7-4-3-5-8-12/h3-5,7-8,10-11H,2,6,9H2,1H3. The summed E-state index contributed by atoms with van der Waals surface area (Å²) in [6.07, 6.45) is 4.98. The molecule has 2 rings (SSSR count). The van der Waals surface area contributed by atoms with E-state index in [-0.39, 0.29) is 5.78 Å². The van der Waals surface area contributed by atoms with Crippen molar-refractivity contribution in [2.24, 2.45) is 0 Å². The minimum Gasteiger partial charge on any atom is -0.332 e. The van der Waals surface area contributed by atoms with Crippen LogP contribution in [0.3, 0.4) is 0 Å².